The molecule has 1 fully saturated rings. The van der Waals surface area contributed by atoms with E-state index in [2.05, 4.69) is 0 Å². The van der Waals surface area contributed by atoms with Crippen LogP contribution in [0.15, 0.2) is 0 Å². The largest absolute Gasteiger partial charge is 0.466 e. The van der Waals surface area contributed by atoms with Crippen LogP contribution in [0.1, 0.15) is 48.0 Å². The zero-order chi connectivity index (χ0) is 14.1. The van der Waals surface area contributed by atoms with Crippen molar-refractivity contribution in [2.75, 3.05) is 6.61 Å². The van der Waals surface area contributed by atoms with Gasteiger partial charge in [-0.3, -0.25) is 9.59 Å². The second-order valence-electron chi connectivity index (χ2n) is 6.21. The van der Waals surface area contributed by atoms with Crippen LogP contribution in [-0.2, 0) is 19.1 Å². The number of hydrogen-bond acceptors (Lipinski definition) is 4. The maximum atomic E-state index is 12.1. The summed E-state index contributed by atoms with van der Waals surface area (Å²) in [4.78, 5) is 24.1. The minimum atomic E-state index is -0.824. The van der Waals surface area contributed by atoms with E-state index in [0.29, 0.717) is 18.9 Å². The second-order valence-corrected chi connectivity index (χ2v) is 6.21. The van der Waals surface area contributed by atoms with Gasteiger partial charge < -0.3 is 9.47 Å². The molecule has 4 nitrogen and oxygen atoms in total. The standard InChI is InChI=1S/C14H24O4/c1-7-17-11(15)10-13(4,5)12(16)18-14(10,6)8-9(2)3/h9-10H,7-8H2,1-6H3/t10-,14+/m1/s1. The number of ether oxygens (including phenoxy) is 2. The van der Waals surface area contributed by atoms with Gasteiger partial charge in [0, 0.05) is 0 Å². The summed E-state index contributed by atoms with van der Waals surface area (Å²) in [5.74, 6) is -0.853. The average Bonchev–Trinajstić information content (AvgIpc) is 2.31. The molecule has 0 saturated carbocycles. The van der Waals surface area contributed by atoms with Gasteiger partial charge in [-0.15, -0.1) is 0 Å². The van der Waals surface area contributed by atoms with Crippen molar-refractivity contribution < 1.29 is 19.1 Å². The molecule has 4 heteroatoms. The van der Waals surface area contributed by atoms with Crippen molar-refractivity contribution in [2.24, 2.45) is 17.3 Å². The van der Waals surface area contributed by atoms with E-state index in [0.717, 1.165) is 0 Å². The highest BCUT2D eigenvalue weighted by Gasteiger charge is 2.61. The number of rotatable bonds is 4. The molecule has 1 aliphatic rings. The van der Waals surface area contributed by atoms with Crippen LogP contribution in [0.25, 0.3) is 0 Å². The maximum Gasteiger partial charge on any atom is 0.314 e. The molecule has 0 aliphatic carbocycles. The Hall–Kier alpha value is -1.06. The highest BCUT2D eigenvalue weighted by atomic mass is 16.6. The van der Waals surface area contributed by atoms with Gasteiger partial charge in [-0.1, -0.05) is 13.8 Å². The van der Waals surface area contributed by atoms with E-state index >= 15 is 0 Å². The molecule has 0 aromatic rings. The van der Waals surface area contributed by atoms with Crippen LogP contribution in [0.3, 0.4) is 0 Å². The normalized spacial score (nSPS) is 30.4. The van der Waals surface area contributed by atoms with Crippen molar-refractivity contribution in [1.82, 2.24) is 0 Å². The molecule has 0 unspecified atom stereocenters. The molecule has 0 bridgehead atoms. The van der Waals surface area contributed by atoms with Gasteiger partial charge in [-0.2, -0.15) is 0 Å². The Labute approximate surface area is 109 Å². The fourth-order valence-corrected chi connectivity index (χ4v) is 3.02. The third-order valence-corrected chi connectivity index (χ3v) is 3.52. The fourth-order valence-electron chi connectivity index (χ4n) is 3.02. The highest BCUT2D eigenvalue weighted by molar-refractivity contribution is 5.89. The zero-order valence-electron chi connectivity index (χ0n) is 12.2. The molecule has 1 rings (SSSR count). The molecular weight excluding hydrogens is 232 g/mol. The van der Waals surface area contributed by atoms with E-state index in [1.165, 1.54) is 0 Å². The molecule has 0 aromatic heterocycles. The van der Waals surface area contributed by atoms with Crippen molar-refractivity contribution in [2.45, 2.75) is 53.6 Å². The molecule has 104 valence electrons. The van der Waals surface area contributed by atoms with Crippen molar-refractivity contribution in [3.05, 3.63) is 0 Å². The summed E-state index contributed by atoms with van der Waals surface area (Å²) in [6, 6.07) is 0. The smallest absolute Gasteiger partial charge is 0.314 e. The molecule has 1 aliphatic heterocycles. The molecule has 0 N–H and O–H groups in total. The monoisotopic (exact) mass is 256 g/mol. The van der Waals surface area contributed by atoms with Crippen LogP contribution < -0.4 is 0 Å². The lowest BCUT2D eigenvalue weighted by Crippen LogP contribution is -2.44. The zero-order valence-corrected chi connectivity index (χ0v) is 12.2. The van der Waals surface area contributed by atoms with Gasteiger partial charge in [-0.25, -0.2) is 0 Å². The molecule has 18 heavy (non-hydrogen) atoms. The van der Waals surface area contributed by atoms with Gasteiger partial charge in [0.1, 0.15) is 11.5 Å². The van der Waals surface area contributed by atoms with Gasteiger partial charge in [0.2, 0.25) is 0 Å². The van der Waals surface area contributed by atoms with Crippen LogP contribution in [0.4, 0.5) is 0 Å². The summed E-state index contributed by atoms with van der Waals surface area (Å²) in [6.45, 7) is 11.5. The first-order valence-corrected chi connectivity index (χ1v) is 6.55. The molecule has 0 aromatic carbocycles. The van der Waals surface area contributed by atoms with E-state index in [1.807, 2.05) is 20.8 Å². The molecule has 1 saturated heterocycles. The van der Waals surface area contributed by atoms with E-state index < -0.39 is 16.9 Å². The lowest BCUT2D eigenvalue weighted by Gasteiger charge is -2.32. The molecule has 2 atom stereocenters. The first-order chi connectivity index (χ1) is 8.15. The molecule has 1 heterocycles. The summed E-state index contributed by atoms with van der Waals surface area (Å²) >= 11 is 0. The van der Waals surface area contributed by atoms with E-state index in [-0.39, 0.29) is 11.9 Å². The van der Waals surface area contributed by atoms with Crippen molar-refractivity contribution in [3.8, 4) is 0 Å². The number of hydrogen-bond donors (Lipinski definition) is 0. The lowest BCUT2D eigenvalue weighted by molar-refractivity contribution is -0.158. The lowest BCUT2D eigenvalue weighted by atomic mass is 9.70. The highest BCUT2D eigenvalue weighted by Crippen LogP contribution is 2.49. The molecule has 0 radical (unpaired) electrons. The van der Waals surface area contributed by atoms with Gasteiger partial charge >= 0.3 is 11.9 Å². The van der Waals surface area contributed by atoms with Gasteiger partial charge in [0.15, 0.2) is 0 Å². The SMILES string of the molecule is CCOC(=O)[C@@H]1C(C)(C)C(=O)O[C@@]1(C)CC(C)C. The number of carbonyl (C=O) groups is 2. The van der Waals surface area contributed by atoms with Gasteiger partial charge in [-0.05, 0) is 40.0 Å². The maximum absolute atomic E-state index is 12.1. The Morgan fingerprint density at radius 1 is 1.39 bits per heavy atom. The Kier molecular flexibility index (Phi) is 4.08. The van der Waals surface area contributed by atoms with Gasteiger partial charge in [0.25, 0.3) is 0 Å². The minimum absolute atomic E-state index is 0.316. The Morgan fingerprint density at radius 2 is 1.94 bits per heavy atom. The summed E-state index contributed by atoms with van der Waals surface area (Å²) < 4.78 is 10.6. The topological polar surface area (TPSA) is 52.6 Å². The number of cyclic esters (lactones) is 1. The van der Waals surface area contributed by atoms with Crippen molar-refractivity contribution >= 4 is 11.9 Å². The van der Waals surface area contributed by atoms with Crippen LogP contribution in [-0.4, -0.2) is 24.1 Å². The first-order valence-electron chi connectivity index (χ1n) is 6.55. The van der Waals surface area contributed by atoms with E-state index in [4.69, 9.17) is 9.47 Å². The third kappa shape index (κ3) is 2.52. The molecule has 0 amide bonds. The van der Waals surface area contributed by atoms with Crippen LogP contribution >= 0.6 is 0 Å². The van der Waals surface area contributed by atoms with E-state index in [9.17, 15) is 9.59 Å². The number of esters is 2. The second kappa shape index (κ2) is 4.90. The van der Waals surface area contributed by atoms with Crippen molar-refractivity contribution in [3.63, 3.8) is 0 Å². The van der Waals surface area contributed by atoms with E-state index in [1.54, 1.807) is 20.8 Å². The van der Waals surface area contributed by atoms with Crippen LogP contribution in [0.2, 0.25) is 0 Å². The number of carbonyl (C=O) groups excluding carboxylic acids is 2. The summed E-state index contributed by atoms with van der Waals surface area (Å²) in [7, 11) is 0. The quantitative estimate of drug-likeness (QED) is 0.725. The predicted octanol–water partition coefficient (Wildman–Crippen LogP) is 2.55. The summed E-state index contributed by atoms with van der Waals surface area (Å²) in [6.07, 6.45) is 0.658. The van der Waals surface area contributed by atoms with Gasteiger partial charge in [0.05, 0.1) is 12.0 Å². The minimum Gasteiger partial charge on any atom is -0.466 e. The van der Waals surface area contributed by atoms with Crippen LogP contribution in [0.5, 0.6) is 0 Å². The predicted molar refractivity (Wildman–Crippen MR) is 67.9 cm³/mol. The summed E-state index contributed by atoms with van der Waals surface area (Å²) in [5.41, 5.74) is -1.59. The van der Waals surface area contributed by atoms with Crippen LogP contribution in [0, 0.1) is 17.3 Å². The first kappa shape index (κ1) is 15.0. The average molecular weight is 256 g/mol. The fraction of sp³-hybridized carbons (Fsp3) is 0.857. The Bertz CT molecular complexity index is 346. The molecule has 0 spiro atoms. The molecular formula is C14H24O4. The Balaban J connectivity index is 3.10. The Morgan fingerprint density at radius 3 is 2.39 bits per heavy atom. The summed E-state index contributed by atoms with van der Waals surface area (Å²) in [5, 5.41) is 0. The van der Waals surface area contributed by atoms with Crippen molar-refractivity contribution in [1.29, 1.82) is 0 Å². The third-order valence-electron chi connectivity index (χ3n) is 3.52.